The summed E-state index contributed by atoms with van der Waals surface area (Å²) in [6.45, 7) is 2.30. The molecule has 0 heterocycles. The van der Waals surface area contributed by atoms with Crippen molar-refractivity contribution in [3.8, 4) is 0 Å². The van der Waals surface area contributed by atoms with Crippen LogP contribution >= 0.6 is 27.5 Å². The lowest BCUT2D eigenvalue weighted by molar-refractivity contribution is -0.0468. The zero-order chi connectivity index (χ0) is 13.0. The molecule has 1 aliphatic rings. The Hall–Kier alpha value is -0.0500. The Balaban J connectivity index is 2.02. The van der Waals surface area contributed by atoms with Crippen molar-refractivity contribution in [1.29, 1.82) is 0 Å². The molecule has 0 N–H and O–H groups in total. The normalized spacial score (nSPS) is 25.9. The molecule has 0 aromatic heterocycles. The minimum absolute atomic E-state index is 0.132. The Labute approximate surface area is 123 Å². The Morgan fingerprint density at radius 1 is 1.28 bits per heavy atom. The van der Waals surface area contributed by atoms with E-state index in [1.54, 1.807) is 0 Å². The predicted molar refractivity (Wildman–Crippen MR) is 80.5 cm³/mol. The standard InChI is InChI=1S/C15H20BrClO/c1-11-4-2-3-5-14(11)18-15(10-16)12-6-8-13(17)9-7-12/h6-9,11,14-15H,2-5,10H2,1H3. The van der Waals surface area contributed by atoms with Crippen molar-refractivity contribution in [2.45, 2.75) is 44.8 Å². The molecule has 3 atom stereocenters. The summed E-state index contributed by atoms with van der Waals surface area (Å²) in [6.07, 6.45) is 5.66. The van der Waals surface area contributed by atoms with Crippen molar-refractivity contribution in [3.05, 3.63) is 34.9 Å². The van der Waals surface area contributed by atoms with Crippen LogP contribution in [0.15, 0.2) is 24.3 Å². The highest BCUT2D eigenvalue weighted by Gasteiger charge is 2.25. The molecular weight excluding hydrogens is 312 g/mol. The fraction of sp³-hybridized carbons (Fsp3) is 0.600. The van der Waals surface area contributed by atoms with Gasteiger partial charge in [-0.15, -0.1) is 0 Å². The highest BCUT2D eigenvalue weighted by Crippen LogP contribution is 2.32. The van der Waals surface area contributed by atoms with Crippen LogP contribution in [0.1, 0.15) is 44.3 Å². The summed E-state index contributed by atoms with van der Waals surface area (Å²) in [7, 11) is 0. The largest absolute Gasteiger partial charge is 0.369 e. The molecule has 18 heavy (non-hydrogen) atoms. The van der Waals surface area contributed by atoms with Gasteiger partial charge < -0.3 is 4.74 Å². The van der Waals surface area contributed by atoms with Crippen LogP contribution in [0.3, 0.4) is 0 Å². The average Bonchev–Trinajstić information content (AvgIpc) is 2.39. The molecule has 1 aliphatic carbocycles. The van der Waals surface area contributed by atoms with Gasteiger partial charge >= 0.3 is 0 Å². The first kappa shape index (κ1) is 14.4. The molecule has 1 nitrogen and oxygen atoms in total. The fourth-order valence-electron chi connectivity index (χ4n) is 2.58. The molecule has 0 amide bonds. The third kappa shape index (κ3) is 3.72. The first-order valence-corrected chi connectivity index (χ1v) is 8.17. The molecule has 100 valence electrons. The van der Waals surface area contributed by atoms with Gasteiger partial charge in [-0.1, -0.05) is 59.4 Å². The molecule has 2 rings (SSSR count). The van der Waals surface area contributed by atoms with Gasteiger partial charge in [-0.25, -0.2) is 0 Å². The molecule has 0 radical (unpaired) electrons. The van der Waals surface area contributed by atoms with Crippen molar-refractivity contribution >= 4 is 27.5 Å². The molecule has 0 bridgehead atoms. The SMILES string of the molecule is CC1CCCCC1OC(CBr)c1ccc(Cl)cc1. The second kappa shape index (κ2) is 6.93. The van der Waals surface area contributed by atoms with Crippen LogP contribution in [0.25, 0.3) is 0 Å². The van der Waals surface area contributed by atoms with E-state index in [1.165, 1.54) is 31.2 Å². The summed E-state index contributed by atoms with van der Waals surface area (Å²) in [5.74, 6) is 0.674. The van der Waals surface area contributed by atoms with Crippen molar-refractivity contribution < 1.29 is 4.74 Å². The van der Waals surface area contributed by atoms with Gasteiger partial charge in [0.05, 0.1) is 12.2 Å². The van der Waals surface area contributed by atoms with Crippen molar-refractivity contribution in [2.75, 3.05) is 5.33 Å². The van der Waals surface area contributed by atoms with E-state index in [9.17, 15) is 0 Å². The summed E-state index contributed by atoms with van der Waals surface area (Å²) < 4.78 is 6.29. The van der Waals surface area contributed by atoms with E-state index >= 15 is 0 Å². The Kier molecular flexibility index (Phi) is 5.53. The van der Waals surface area contributed by atoms with E-state index in [1.807, 2.05) is 12.1 Å². The maximum Gasteiger partial charge on any atom is 0.0925 e. The molecule has 1 aromatic carbocycles. The lowest BCUT2D eigenvalue weighted by Crippen LogP contribution is -2.27. The van der Waals surface area contributed by atoms with Gasteiger partial charge in [0.15, 0.2) is 0 Å². The van der Waals surface area contributed by atoms with Crippen LogP contribution in [0.2, 0.25) is 5.02 Å². The topological polar surface area (TPSA) is 9.23 Å². The third-order valence-corrected chi connectivity index (χ3v) is 4.59. The maximum atomic E-state index is 6.29. The molecule has 1 aromatic rings. The van der Waals surface area contributed by atoms with E-state index in [0.717, 1.165) is 10.4 Å². The van der Waals surface area contributed by atoms with Crippen molar-refractivity contribution in [1.82, 2.24) is 0 Å². The number of halogens is 2. The second-order valence-corrected chi connectivity index (χ2v) is 6.21. The molecule has 0 aliphatic heterocycles. The molecule has 3 unspecified atom stereocenters. The second-order valence-electron chi connectivity index (χ2n) is 5.13. The molecule has 0 saturated heterocycles. The molecule has 1 saturated carbocycles. The number of ether oxygens (including phenoxy) is 1. The summed E-state index contributed by atoms with van der Waals surface area (Å²) in [5.41, 5.74) is 1.20. The van der Waals surface area contributed by atoms with Gasteiger partial charge in [0.25, 0.3) is 0 Å². The predicted octanol–water partition coefficient (Wildman–Crippen LogP) is 5.37. The highest BCUT2D eigenvalue weighted by molar-refractivity contribution is 9.09. The molecule has 3 heteroatoms. The number of alkyl halides is 1. The van der Waals surface area contributed by atoms with Gasteiger partial charge in [0.1, 0.15) is 0 Å². The number of hydrogen-bond donors (Lipinski definition) is 0. The third-order valence-electron chi connectivity index (χ3n) is 3.75. The number of benzene rings is 1. The monoisotopic (exact) mass is 330 g/mol. The van der Waals surface area contributed by atoms with Crippen LogP contribution in [-0.2, 0) is 4.74 Å². The smallest absolute Gasteiger partial charge is 0.0925 e. The Morgan fingerprint density at radius 3 is 2.56 bits per heavy atom. The minimum Gasteiger partial charge on any atom is -0.369 e. The number of rotatable bonds is 4. The van der Waals surface area contributed by atoms with Crippen LogP contribution in [0.4, 0.5) is 0 Å². The van der Waals surface area contributed by atoms with Crippen molar-refractivity contribution in [3.63, 3.8) is 0 Å². The van der Waals surface area contributed by atoms with E-state index in [4.69, 9.17) is 16.3 Å². The quantitative estimate of drug-likeness (QED) is 0.674. The minimum atomic E-state index is 0.132. The van der Waals surface area contributed by atoms with Gasteiger partial charge in [-0.2, -0.15) is 0 Å². The average molecular weight is 332 g/mol. The lowest BCUT2D eigenvalue weighted by Gasteiger charge is -2.32. The van der Waals surface area contributed by atoms with Crippen LogP contribution in [0.5, 0.6) is 0 Å². The Morgan fingerprint density at radius 2 is 1.94 bits per heavy atom. The maximum absolute atomic E-state index is 6.29. The molecular formula is C15H20BrClO. The highest BCUT2D eigenvalue weighted by atomic mass is 79.9. The van der Waals surface area contributed by atoms with E-state index in [2.05, 4.69) is 35.0 Å². The van der Waals surface area contributed by atoms with E-state index < -0.39 is 0 Å². The Bertz CT molecular complexity index is 365. The zero-order valence-electron chi connectivity index (χ0n) is 10.7. The molecule has 1 fully saturated rings. The lowest BCUT2D eigenvalue weighted by atomic mass is 9.88. The molecule has 0 spiro atoms. The summed E-state index contributed by atoms with van der Waals surface area (Å²) >= 11 is 9.48. The van der Waals surface area contributed by atoms with E-state index in [0.29, 0.717) is 12.0 Å². The van der Waals surface area contributed by atoms with Crippen LogP contribution in [-0.4, -0.2) is 11.4 Å². The van der Waals surface area contributed by atoms with Gasteiger partial charge in [-0.05, 0) is 36.5 Å². The summed E-state index contributed by atoms with van der Waals surface area (Å²) in [4.78, 5) is 0. The van der Waals surface area contributed by atoms with Gasteiger partial charge in [0, 0.05) is 10.4 Å². The van der Waals surface area contributed by atoms with Gasteiger partial charge in [0.2, 0.25) is 0 Å². The first-order chi connectivity index (χ1) is 8.70. The van der Waals surface area contributed by atoms with Crippen LogP contribution in [0, 0.1) is 5.92 Å². The summed E-state index contributed by atoms with van der Waals surface area (Å²) in [6, 6.07) is 7.98. The first-order valence-electron chi connectivity index (χ1n) is 6.67. The zero-order valence-corrected chi connectivity index (χ0v) is 13.1. The van der Waals surface area contributed by atoms with E-state index in [-0.39, 0.29) is 6.10 Å². The van der Waals surface area contributed by atoms with Gasteiger partial charge in [-0.3, -0.25) is 0 Å². The summed E-state index contributed by atoms with van der Waals surface area (Å²) in [5, 5.41) is 1.61. The van der Waals surface area contributed by atoms with Crippen LogP contribution < -0.4 is 0 Å². The fourth-order valence-corrected chi connectivity index (χ4v) is 3.23. The number of hydrogen-bond acceptors (Lipinski definition) is 1. The van der Waals surface area contributed by atoms with Crippen molar-refractivity contribution in [2.24, 2.45) is 5.92 Å².